The van der Waals surface area contributed by atoms with Crippen molar-refractivity contribution in [3.05, 3.63) is 29.8 Å². The maximum atomic E-state index is 12.4. The zero-order valence-electron chi connectivity index (χ0n) is 12.8. The third-order valence-electron chi connectivity index (χ3n) is 3.09. The smallest absolute Gasteiger partial charge is 0.387 e. The topological polar surface area (TPSA) is 90.6 Å². The lowest BCUT2D eigenvalue weighted by Crippen LogP contribution is -2.41. The van der Waals surface area contributed by atoms with Crippen LogP contribution in [0, 0.1) is 0 Å². The van der Waals surface area contributed by atoms with Gasteiger partial charge in [-0.3, -0.25) is 4.79 Å². The van der Waals surface area contributed by atoms with Crippen LogP contribution >= 0.6 is 0 Å². The molecule has 6 nitrogen and oxygen atoms in total. The Bertz CT molecular complexity index is 526. The number of esters is 1. The highest BCUT2D eigenvalue weighted by atomic mass is 19.3. The van der Waals surface area contributed by atoms with Crippen LogP contribution < -0.4 is 15.8 Å². The third-order valence-corrected chi connectivity index (χ3v) is 3.09. The molecule has 1 aromatic carbocycles. The number of hydrogen-bond acceptors (Lipinski definition) is 5. The van der Waals surface area contributed by atoms with Gasteiger partial charge in [0.05, 0.1) is 12.7 Å². The maximum absolute atomic E-state index is 12.4. The van der Waals surface area contributed by atoms with Gasteiger partial charge in [-0.15, -0.1) is 0 Å². The van der Waals surface area contributed by atoms with Gasteiger partial charge in [-0.05, 0) is 37.9 Å². The van der Waals surface area contributed by atoms with Crippen molar-refractivity contribution in [3.8, 4) is 5.75 Å². The van der Waals surface area contributed by atoms with Gasteiger partial charge in [-0.25, -0.2) is 4.79 Å². The number of nitrogens with one attached hydrogen (secondary N) is 1. The van der Waals surface area contributed by atoms with Gasteiger partial charge >= 0.3 is 12.6 Å². The van der Waals surface area contributed by atoms with E-state index in [-0.39, 0.29) is 11.3 Å². The number of rotatable bonds is 9. The summed E-state index contributed by atoms with van der Waals surface area (Å²) in [4.78, 5) is 24.0. The molecule has 0 aliphatic heterocycles. The molecule has 1 amide bonds. The zero-order chi connectivity index (χ0) is 17.2. The maximum Gasteiger partial charge on any atom is 0.387 e. The lowest BCUT2D eigenvalue weighted by Gasteiger charge is -2.17. The number of ether oxygens (including phenoxy) is 2. The minimum absolute atomic E-state index is 0.0828. The molecule has 0 saturated heterocycles. The molecular formula is C15H20F2N2O4. The van der Waals surface area contributed by atoms with Crippen molar-refractivity contribution in [1.29, 1.82) is 0 Å². The first kappa shape index (κ1) is 18.8. The molecule has 0 aliphatic rings. The van der Waals surface area contributed by atoms with Crippen LogP contribution in [0.2, 0.25) is 0 Å². The Kier molecular flexibility index (Phi) is 7.96. The second-order valence-corrected chi connectivity index (χ2v) is 4.71. The number of alkyl halides is 2. The van der Waals surface area contributed by atoms with Crippen molar-refractivity contribution in [2.75, 3.05) is 13.7 Å². The van der Waals surface area contributed by atoms with E-state index < -0.39 is 24.5 Å². The Hall–Kier alpha value is -2.22. The summed E-state index contributed by atoms with van der Waals surface area (Å²) >= 11 is 0. The quantitative estimate of drug-likeness (QED) is 0.531. The van der Waals surface area contributed by atoms with Crippen LogP contribution in [-0.4, -0.2) is 38.2 Å². The van der Waals surface area contributed by atoms with Crippen LogP contribution in [0.1, 0.15) is 29.6 Å². The number of unbranched alkanes of at least 4 members (excludes halogenated alkanes) is 1. The van der Waals surface area contributed by atoms with Gasteiger partial charge in [0, 0.05) is 0 Å². The average molecular weight is 330 g/mol. The summed E-state index contributed by atoms with van der Waals surface area (Å²) in [7, 11) is 1.21. The van der Waals surface area contributed by atoms with Crippen molar-refractivity contribution in [1.82, 2.24) is 5.32 Å². The first-order valence-electron chi connectivity index (χ1n) is 7.12. The van der Waals surface area contributed by atoms with E-state index in [1.165, 1.54) is 31.4 Å². The average Bonchev–Trinajstić information content (AvgIpc) is 2.53. The Labute approximate surface area is 132 Å². The lowest BCUT2D eigenvalue weighted by atomic mass is 10.1. The van der Waals surface area contributed by atoms with Crippen molar-refractivity contribution in [3.63, 3.8) is 0 Å². The second-order valence-electron chi connectivity index (χ2n) is 4.71. The lowest BCUT2D eigenvalue weighted by molar-refractivity contribution is -0.143. The predicted octanol–water partition coefficient (Wildman–Crippen LogP) is 1.69. The van der Waals surface area contributed by atoms with Gasteiger partial charge in [0.2, 0.25) is 0 Å². The molecule has 0 saturated carbocycles. The van der Waals surface area contributed by atoms with Gasteiger partial charge < -0.3 is 20.5 Å². The molecule has 1 aromatic rings. The van der Waals surface area contributed by atoms with Crippen LogP contribution in [-0.2, 0) is 9.53 Å². The van der Waals surface area contributed by atoms with Crippen LogP contribution in [0.4, 0.5) is 8.78 Å². The number of para-hydroxylation sites is 1. The molecule has 0 aliphatic carbocycles. The molecule has 1 rings (SSSR count). The van der Waals surface area contributed by atoms with E-state index in [0.29, 0.717) is 25.8 Å². The molecule has 0 spiro atoms. The highest BCUT2D eigenvalue weighted by molar-refractivity contribution is 5.99. The summed E-state index contributed by atoms with van der Waals surface area (Å²) in [6.45, 7) is -2.59. The largest absolute Gasteiger partial charge is 0.467 e. The minimum atomic E-state index is -3.05. The van der Waals surface area contributed by atoms with Crippen molar-refractivity contribution >= 4 is 11.9 Å². The zero-order valence-corrected chi connectivity index (χ0v) is 12.8. The van der Waals surface area contributed by atoms with Crippen molar-refractivity contribution in [2.45, 2.75) is 31.9 Å². The van der Waals surface area contributed by atoms with E-state index in [9.17, 15) is 18.4 Å². The number of carbonyl (C=O) groups is 2. The summed E-state index contributed by atoms with van der Waals surface area (Å²) in [5.41, 5.74) is 5.31. The van der Waals surface area contributed by atoms with E-state index >= 15 is 0 Å². The number of carbonyl (C=O) groups excluding carboxylic acids is 2. The number of nitrogens with two attached hydrogens (primary N) is 1. The summed E-state index contributed by atoms with van der Waals surface area (Å²) in [6, 6.07) is 4.69. The van der Waals surface area contributed by atoms with Crippen molar-refractivity contribution < 1.29 is 27.8 Å². The van der Waals surface area contributed by atoms with Gasteiger partial charge in [0.25, 0.3) is 5.91 Å². The molecular weight excluding hydrogens is 310 g/mol. The van der Waals surface area contributed by atoms with E-state index in [0.717, 1.165) is 0 Å². The Morgan fingerprint density at radius 1 is 1.26 bits per heavy atom. The summed E-state index contributed by atoms with van der Waals surface area (Å²) in [6.07, 6.45) is 1.65. The van der Waals surface area contributed by atoms with Crippen molar-refractivity contribution in [2.24, 2.45) is 5.73 Å². The summed E-state index contributed by atoms with van der Waals surface area (Å²) in [5, 5.41) is 2.48. The first-order chi connectivity index (χ1) is 11.0. The van der Waals surface area contributed by atoms with E-state index in [1.54, 1.807) is 0 Å². The van der Waals surface area contributed by atoms with Crippen LogP contribution in [0.3, 0.4) is 0 Å². The molecule has 0 bridgehead atoms. The standard InChI is InChI=1S/C15H20F2N2O4/c1-22-14(21)11(7-4-5-9-18)19-13(20)10-6-2-3-8-12(10)23-15(16)17/h2-3,6,8,11,15H,4-5,7,9,18H2,1H3,(H,19,20). The normalized spacial score (nSPS) is 11.9. The molecule has 8 heteroatoms. The molecule has 23 heavy (non-hydrogen) atoms. The summed E-state index contributed by atoms with van der Waals surface area (Å²) in [5.74, 6) is -1.56. The van der Waals surface area contributed by atoms with Crippen LogP contribution in [0.5, 0.6) is 5.75 Å². The second kappa shape index (κ2) is 9.73. The fourth-order valence-corrected chi connectivity index (χ4v) is 1.97. The SMILES string of the molecule is COC(=O)C(CCCCN)NC(=O)c1ccccc1OC(F)F. The van der Waals surface area contributed by atoms with Gasteiger partial charge in [0.1, 0.15) is 11.8 Å². The fraction of sp³-hybridized carbons (Fsp3) is 0.467. The number of halogens is 2. The summed E-state index contributed by atoms with van der Waals surface area (Å²) < 4.78 is 33.7. The molecule has 128 valence electrons. The number of methoxy groups -OCH3 is 1. The van der Waals surface area contributed by atoms with Crippen LogP contribution in [0.25, 0.3) is 0 Å². The molecule has 3 N–H and O–H groups in total. The third kappa shape index (κ3) is 6.19. The Morgan fingerprint density at radius 2 is 1.96 bits per heavy atom. The molecule has 1 atom stereocenters. The van der Waals surface area contributed by atoms with E-state index in [4.69, 9.17) is 5.73 Å². The molecule has 0 fully saturated rings. The monoisotopic (exact) mass is 330 g/mol. The van der Waals surface area contributed by atoms with Gasteiger partial charge in [0.15, 0.2) is 0 Å². The number of hydrogen-bond donors (Lipinski definition) is 2. The first-order valence-corrected chi connectivity index (χ1v) is 7.12. The predicted molar refractivity (Wildman–Crippen MR) is 79.2 cm³/mol. The van der Waals surface area contributed by atoms with E-state index in [2.05, 4.69) is 14.8 Å². The Morgan fingerprint density at radius 3 is 2.57 bits per heavy atom. The Balaban J connectivity index is 2.83. The minimum Gasteiger partial charge on any atom is -0.467 e. The number of amides is 1. The van der Waals surface area contributed by atoms with Gasteiger partial charge in [-0.1, -0.05) is 12.1 Å². The molecule has 0 aromatic heterocycles. The molecule has 1 unspecified atom stereocenters. The number of benzene rings is 1. The highest BCUT2D eigenvalue weighted by Crippen LogP contribution is 2.20. The molecule has 0 heterocycles. The van der Waals surface area contributed by atoms with E-state index in [1.807, 2.05) is 0 Å². The fourth-order valence-electron chi connectivity index (χ4n) is 1.97. The molecule has 0 radical (unpaired) electrons. The van der Waals surface area contributed by atoms with Crippen LogP contribution in [0.15, 0.2) is 24.3 Å². The highest BCUT2D eigenvalue weighted by Gasteiger charge is 2.23. The van der Waals surface area contributed by atoms with Gasteiger partial charge in [-0.2, -0.15) is 8.78 Å².